The second-order valence-corrected chi connectivity index (χ2v) is 7.21. The fourth-order valence-electron chi connectivity index (χ4n) is 3.40. The number of aromatic nitrogens is 1. The van der Waals surface area contributed by atoms with Gasteiger partial charge in [0.1, 0.15) is 11.5 Å². The van der Waals surface area contributed by atoms with Gasteiger partial charge in [-0.05, 0) is 28.4 Å². The van der Waals surface area contributed by atoms with Crippen LogP contribution in [0.5, 0.6) is 11.6 Å². The zero-order chi connectivity index (χ0) is 21.6. The van der Waals surface area contributed by atoms with E-state index in [4.69, 9.17) is 14.0 Å². The highest BCUT2D eigenvalue weighted by Gasteiger charge is 2.29. The van der Waals surface area contributed by atoms with Crippen LogP contribution in [0, 0.1) is 0 Å². The van der Waals surface area contributed by atoms with Crippen LogP contribution in [0.3, 0.4) is 0 Å². The van der Waals surface area contributed by atoms with Crippen LogP contribution in [0.4, 0.5) is 4.79 Å². The van der Waals surface area contributed by atoms with Gasteiger partial charge in [-0.2, -0.15) is 0 Å². The fraction of sp³-hybridized carbons (Fsp3) is 0.261. The van der Waals surface area contributed by atoms with Gasteiger partial charge in [0.15, 0.2) is 0 Å². The van der Waals surface area contributed by atoms with Gasteiger partial charge in [0.2, 0.25) is 5.91 Å². The maximum atomic E-state index is 12.8. The van der Waals surface area contributed by atoms with Crippen molar-refractivity contribution in [3.8, 4) is 11.6 Å². The summed E-state index contributed by atoms with van der Waals surface area (Å²) in [7, 11) is 1.60. The summed E-state index contributed by atoms with van der Waals surface area (Å²) in [4.78, 5) is 26.7. The van der Waals surface area contributed by atoms with Gasteiger partial charge in [0.25, 0.3) is 5.88 Å². The lowest BCUT2D eigenvalue weighted by atomic mass is 10.1. The lowest BCUT2D eigenvalue weighted by Crippen LogP contribution is -2.37. The maximum Gasteiger partial charge on any atom is 0.414 e. The Labute approximate surface area is 179 Å². The molecule has 4 rings (SSSR count). The van der Waals surface area contributed by atoms with E-state index in [1.54, 1.807) is 12.0 Å². The molecule has 0 bridgehead atoms. The van der Waals surface area contributed by atoms with Crippen LogP contribution >= 0.6 is 0 Å². The van der Waals surface area contributed by atoms with Crippen LogP contribution in [-0.4, -0.2) is 35.7 Å². The summed E-state index contributed by atoms with van der Waals surface area (Å²) in [5, 5.41) is 6.57. The van der Waals surface area contributed by atoms with E-state index < -0.39 is 6.09 Å². The van der Waals surface area contributed by atoms with E-state index in [9.17, 15) is 9.59 Å². The van der Waals surface area contributed by atoms with E-state index >= 15 is 0 Å². The third-order valence-electron chi connectivity index (χ3n) is 5.13. The monoisotopic (exact) mass is 421 g/mol. The minimum atomic E-state index is -0.623. The molecule has 1 aliphatic heterocycles. The largest absolute Gasteiger partial charge is 0.497 e. The molecule has 8 nitrogen and oxygen atoms in total. The molecule has 2 aromatic carbocycles. The Morgan fingerprint density at radius 1 is 1.10 bits per heavy atom. The van der Waals surface area contributed by atoms with E-state index in [0.29, 0.717) is 30.8 Å². The number of nitrogens with one attached hydrogen (secondary N) is 1. The van der Waals surface area contributed by atoms with Crippen LogP contribution in [0.15, 0.2) is 59.1 Å². The van der Waals surface area contributed by atoms with E-state index in [-0.39, 0.29) is 24.8 Å². The number of hydrogen-bond acceptors (Lipinski definition) is 6. The minimum Gasteiger partial charge on any atom is -0.497 e. The highest BCUT2D eigenvalue weighted by Crippen LogP contribution is 2.28. The van der Waals surface area contributed by atoms with E-state index in [1.807, 2.05) is 54.6 Å². The van der Waals surface area contributed by atoms with Gasteiger partial charge in [0, 0.05) is 19.5 Å². The number of nitrogens with zero attached hydrogens (tertiary/aromatic N) is 2. The molecule has 31 heavy (non-hydrogen) atoms. The molecule has 2 amide bonds. The lowest BCUT2D eigenvalue weighted by molar-refractivity contribution is -0.131. The van der Waals surface area contributed by atoms with Crippen molar-refractivity contribution in [2.75, 3.05) is 13.7 Å². The van der Waals surface area contributed by atoms with Crippen molar-refractivity contribution in [1.82, 2.24) is 15.4 Å². The number of carbonyl (C=O) groups is 2. The number of fused-ring (bicyclic) bond motifs is 1. The summed E-state index contributed by atoms with van der Waals surface area (Å²) in [6.07, 6.45) is 0.172. The van der Waals surface area contributed by atoms with Gasteiger partial charge in [-0.1, -0.05) is 42.5 Å². The smallest absolute Gasteiger partial charge is 0.414 e. The maximum absolute atomic E-state index is 12.8. The number of benzene rings is 2. The molecule has 1 aliphatic rings. The number of rotatable bonds is 6. The molecular weight excluding hydrogens is 398 g/mol. The highest BCUT2D eigenvalue weighted by atomic mass is 16.6. The van der Waals surface area contributed by atoms with Crippen molar-refractivity contribution in [3.63, 3.8) is 0 Å². The average Bonchev–Trinajstić information content (AvgIpc) is 3.20. The molecule has 1 N–H and O–H groups in total. The predicted molar refractivity (Wildman–Crippen MR) is 112 cm³/mol. The minimum absolute atomic E-state index is 0.0171. The molecule has 0 atom stereocenters. The van der Waals surface area contributed by atoms with Crippen LogP contribution in [-0.2, 0) is 30.7 Å². The molecule has 3 aromatic rings. The molecule has 0 spiro atoms. The molecule has 0 fully saturated rings. The molecule has 0 saturated heterocycles. The van der Waals surface area contributed by atoms with Crippen molar-refractivity contribution in [2.24, 2.45) is 0 Å². The molecule has 8 heteroatoms. The van der Waals surface area contributed by atoms with Crippen LogP contribution < -0.4 is 14.8 Å². The molecule has 160 valence electrons. The summed E-state index contributed by atoms with van der Waals surface area (Å²) in [6, 6.07) is 16.9. The third kappa shape index (κ3) is 5.03. The van der Waals surface area contributed by atoms with Crippen molar-refractivity contribution >= 4 is 12.0 Å². The molecule has 1 aromatic heterocycles. The summed E-state index contributed by atoms with van der Waals surface area (Å²) < 4.78 is 15.8. The molecule has 0 unspecified atom stereocenters. The van der Waals surface area contributed by atoms with Crippen molar-refractivity contribution in [1.29, 1.82) is 0 Å². The van der Waals surface area contributed by atoms with Gasteiger partial charge in [-0.3, -0.25) is 4.79 Å². The Morgan fingerprint density at radius 3 is 2.61 bits per heavy atom. The Hall–Kier alpha value is -3.81. The number of ether oxygens (including phenoxy) is 2. The van der Waals surface area contributed by atoms with E-state index in [0.717, 1.165) is 16.9 Å². The third-order valence-corrected chi connectivity index (χ3v) is 5.13. The highest BCUT2D eigenvalue weighted by molar-refractivity contribution is 5.79. The van der Waals surface area contributed by atoms with Crippen molar-refractivity contribution in [2.45, 2.75) is 25.9 Å². The van der Waals surface area contributed by atoms with Gasteiger partial charge in [0.05, 0.1) is 25.6 Å². The normalized spacial score (nSPS) is 12.7. The number of hydrogen-bond donors (Lipinski definition) is 1. The average molecular weight is 421 g/mol. The summed E-state index contributed by atoms with van der Waals surface area (Å²) in [6.45, 7) is 1.15. The van der Waals surface area contributed by atoms with Crippen LogP contribution in [0.1, 0.15) is 22.5 Å². The van der Waals surface area contributed by atoms with E-state index in [1.165, 1.54) is 0 Å². The zero-order valence-electron chi connectivity index (χ0n) is 17.2. The Kier molecular flexibility index (Phi) is 6.16. The SMILES string of the molecule is COc1ccc(CC(=O)N2CCc3onc(OC(=O)NCc4ccccc4)c3C2)cc1. The predicted octanol–water partition coefficient (Wildman–Crippen LogP) is 3.10. The Morgan fingerprint density at radius 2 is 1.87 bits per heavy atom. The first kappa shape index (κ1) is 20.5. The lowest BCUT2D eigenvalue weighted by Gasteiger charge is -2.26. The van der Waals surface area contributed by atoms with Gasteiger partial charge < -0.3 is 24.2 Å². The van der Waals surface area contributed by atoms with Gasteiger partial charge >= 0.3 is 6.09 Å². The van der Waals surface area contributed by atoms with Gasteiger partial charge in [-0.15, -0.1) is 0 Å². The second kappa shape index (κ2) is 9.34. The van der Waals surface area contributed by atoms with Crippen molar-refractivity contribution < 1.29 is 23.6 Å². The topological polar surface area (TPSA) is 93.9 Å². The quantitative estimate of drug-likeness (QED) is 0.657. The first-order valence-corrected chi connectivity index (χ1v) is 10.00. The Balaban J connectivity index is 1.35. The zero-order valence-corrected chi connectivity index (χ0v) is 17.2. The standard InChI is InChI=1S/C23H23N3O5/c1-29-18-9-7-16(8-10-18)13-21(27)26-12-11-20-19(15-26)22(25-31-20)30-23(28)24-14-17-5-3-2-4-6-17/h2-10H,11-15H2,1H3,(H,24,28). The molecule has 2 heterocycles. The number of methoxy groups -OCH3 is 1. The van der Waals surface area contributed by atoms with E-state index in [2.05, 4.69) is 10.5 Å². The summed E-state index contributed by atoms with van der Waals surface area (Å²) in [5.41, 5.74) is 2.49. The first-order valence-electron chi connectivity index (χ1n) is 10.00. The molecule has 0 saturated carbocycles. The number of carbonyl (C=O) groups excluding carboxylic acids is 2. The number of amides is 2. The fourth-order valence-corrected chi connectivity index (χ4v) is 3.40. The molecule has 0 aliphatic carbocycles. The summed E-state index contributed by atoms with van der Waals surface area (Å²) in [5.74, 6) is 1.47. The summed E-state index contributed by atoms with van der Waals surface area (Å²) >= 11 is 0. The van der Waals surface area contributed by atoms with Crippen LogP contribution in [0.2, 0.25) is 0 Å². The van der Waals surface area contributed by atoms with Crippen LogP contribution in [0.25, 0.3) is 0 Å². The molecule has 0 radical (unpaired) electrons. The van der Waals surface area contributed by atoms with Crippen molar-refractivity contribution in [3.05, 3.63) is 77.0 Å². The Bertz CT molecular complexity index is 1050. The molecular formula is C23H23N3O5. The van der Waals surface area contributed by atoms with Gasteiger partial charge in [-0.25, -0.2) is 4.79 Å². The first-order chi connectivity index (χ1) is 15.1. The second-order valence-electron chi connectivity index (χ2n) is 7.21.